The molecule has 0 saturated carbocycles. The van der Waals surface area contributed by atoms with Gasteiger partial charge in [-0.3, -0.25) is 9.78 Å². The molecule has 1 aliphatic rings. The van der Waals surface area contributed by atoms with E-state index in [-0.39, 0.29) is 5.91 Å². The minimum Gasteiger partial charge on any atom is -0.481 e. The fourth-order valence-electron chi connectivity index (χ4n) is 3.91. The van der Waals surface area contributed by atoms with E-state index < -0.39 is 17.3 Å². The number of benzene rings is 1. The van der Waals surface area contributed by atoms with E-state index in [4.69, 9.17) is 9.15 Å². The van der Waals surface area contributed by atoms with E-state index in [1.165, 1.54) is 6.07 Å². The molecule has 1 saturated heterocycles. The lowest BCUT2D eigenvalue weighted by atomic mass is 9.85. The first-order valence-corrected chi connectivity index (χ1v) is 9.98. The van der Waals surface area contributed by atoms with E-state index >= 15 is 0 Å². The van der Waals surface area contributed by atoms with Gasteiger partial charge in [-0.1, -0.05) is 6.07 Å². The number of nitrogens with zero attached hydrogens (tertiary/aromatic N) is 2. The molecular weight excluding hydrogens is 384 g/mol. The van der Waals surface area contributed by atoms with Gasteiger partial charge in [-0.2, -0.15) is 0 Å². The third-order valence-electron chi connectivity index (χ3n) is 5.68. The molecule has 0 aliphatic carbocycles. The fraction of sp³-hybridized carbons (Fsp3) is 0.348. The second-order valence-electron chi connectivity index (χ2n) is 7.77. The van der Waals surface area contributed by atoms with E-state index in [9.17, 15) is 14.7 Å². The molecule has 1 fully saturated rings. The summed E-state index contributed by atoms with van der Waals surface area (Å²) < 4.78 is 11.1. The number of hydrogen-bond donors (Lipinski definition) is 1. The zero-order valence-electron chi connectivity index (χ0n) is 17.0. The monoisotopic (exact) mass is 408 g/mol. The molecule has 1 atom stereocenters. The van der Waals surface area contributed by atoms with Crippen molar-refractivity contribution in [1.82, 2.24) is 9.88 Å². The summed E-state index contributed by atoms with van der Waals surface area (Å²) in [6, 6.07) is 10.2. The number of aromatic nitrogens is 1. The summed E-state index contributed by atoms with van der Waals surface area (Å²) >= 11 is 0. The lowest BCUT2D eigenvalue weighted by Gasteiger charge is -2.39. The van der Waals surface area contributed by atoms with Crippen molar-refractivity contribution in [2.45, 2.75) is 38.4 Å². The molecule has 7 heteroatoms. The average Bonchev–Trinajstić information content (AvgIpc) is 2.75. The normalized spacial score (nSPS) is 17.0. The third kappa shape index (κ3) is 3.93. The summed E-state index contributed by atoms with van der Waals surface area (Å²) in [5.41, 5.74) is 0.691. The van der Waals surface area contributed by atoms with Crippen LogP contribution in [0.4, 0.5) is 0 Å². The Morgan fingerprint density at radius 2 is 2.03 bits per heavy atom. The van der Waals surface area contributed by atoms with Crippen molar-refractivity contribution in [3.63, 3.8) is 0 Å². The van der Waals surface area contributed by atoms with Crippen LogP contribution < -0.4 is 10.4 Å². The summed E-state index contributed by atoms with van der Waals surface area (Å²) in [5.74, 6) is 0.406. The van der Waals surface area contributed by atoms with Gasteiger partial charge in [-0.25, -0.2) is 4.79 Å². The van der Waals surface area contributed by atoms with Crippen LogP contribution in [-0.4, -0.2) is 40.1 Å². The van der Waals surface area contributed by atoms with Crippen LogP contribution in [0.1, 0.15) is 30.9 Å². The lowest BCUT2D eigenvalue weighted by molar-refractivity contribution is -0.142. The Morgan fingerprint density at radius 1 is 1.27 bits per heavy atom. The maximum atomic E-state index is 12.9. The van der Waals surface area contributed by atoms with Crippen molar-refractivity contribution < 1.29 is 19.1 Å². The van der Waals surface area contributed by atoms with E-state index in [0.29, 0.717) is 37.3 Å². The van der Waals surface area contributed by atoms with E-state index in [2.05, 4.69) is 4.98 Å². The van der Waals surface area contributed by atoms with Crippen molar-refractivity contribution in [2.75, 3.05) is 13.1 Å². The van der Waals surface area contributed by atoms with Crippen LogP contribution in [0.3, 0.4) is 0 Å². The van der Waals surface area contributed by atoms with Crippen LogP contribution in [0, 0.1) is 6.92 Å². The predicted octanol–water partition coefficient (Wildman–Crippen LogP) is 2.77. The standard InChI is InChI=1S/C23H24N2O5/c1-15-12-21(26)30-20-6-5-18(13-19(15)20)29-16(2)22(27)25-10-7-23(28,8-11-25)17-4-3-9-24-14-17/h3-6,9,12-14,16,28H,7-8,10-11H2,1-2H3. The van der Waals surface area contributed by atoms with E-state index in [1.54, 1.807) is 48.5 Å². The van der Waals surface area contributed by atoms with Gasteiger partial charge in [0.2, 0.25) is 0 Å². The zero-order chi connectivity index (χ0) is 21.3. The Kier molecular flexibility index (Phi) is 5.30. The maximum Gasteiger partial charge on any atom is 0.336 e. The number of pyridine rings is 1. The van der Waals surface area contributed by atoms with Gasteiger partial charge in [0.05, 0.1) is 5.60 Å². The van der Waals surface area contributed by atoms with Crippen molar-refractivity contribution in [3.8, 4) is 5.75 Å². The van der Waals surface area contributed by atoms with Crippen LogP contribution in [0.25, 0.3) is 11.0 Å². The van der Waals surface area contributed by atoms with Crippen molar-refractivity contribution >= 4 is 16.9 Å². The van der Waals surface area contributed by atoms with E-state index in [1.807, 2.05) is 13.0 Å². The Balaban J connectivity index is 1.42. The third-order valence-corrected chi connectivity index (χ3v) is 5.68. The smallest absolute Gasteiger partial charge is 0.336 e. The van der Waals surface area contributed by atoms with Crippen LogP contribution in [0.5, 0.6) is 5.75 Å². The summed E-state index contributed by atoms with van der Waals surface area (Å²) in [6.45, 7) is 4.43. The molecule has 7 nitrogen and oxygen atoms in total. The first-order valence-electron chi connectivity index (χ1n) is 9.98. The lowest BCUT2D eigenvalue weighted by Crippen LogP contribution is -2.49. The van der Waals surface area contributed by atoms with Gasteiger partial charge < -0.3 is 19.2 Å². The number of carbonyl (C=O) groups is 1. The van der Waals surface area contributed by atoms with Gasteiger partial charge in [-0.15, -0.1) is 0 Å². The van der Waals surface area contributed by atoms with Gasteiger partial charge in [0.1, 0.15) is 11.3 Å². The van der Waals surface area contributed by atoms with Crippen molar-refractivity contribution in [3.05, 3.63) is 70.3 Å². The number of piperidine rings is 1. The first-order chi connectivity index (χ1) is 14.4. The summed E-state index contributed by atoms with van der Waals surface area (Å²) in [5, 5.41) is 11.7. The molecule has 156 valence electrons. The predicted molar refractivity (Wildman–Crippen MR) is 111 cm³/mol. The number of rotatable bonds is 4. The Bertz CT molecular complexity index is 1120. The molecule has 3 heterocycles. The minimum absolute atomic E-state index is 0.125. The second-order valence-corrected chi connectivity index (χ2v) is 7.77. The average molecular weight is 408 g/mol. The van der Waals surface area contributed by atoms with Gasteiger partial charge in [0, 0.05) is 42.5 Å². The molecule has 0 bridgehead atoms. The molecular formula is C23H24N2O5. The second kappa shape index (κ2) is 7.91. The molecule has 3 aromatic rings. The molecule has 1 unspecified atom stereocenters. The molecule has 4 rings (SSSR count). The highest BCUT2D eigenvalue weighted by Crippen LogP contribution is 2.32. The molecule has 1 N–H and O–H groups in total. The van der Waals surface area contributed by atoms with Crippen molar-refractivity contribution in [2.24, 2.45) is 0 Å². The fourth-order valence-corrected chi connectivity index (χ4v) is 3.91. The van der Waals surface area contributed by atoms with Crippen molar-refractivity contribution in [1.29, 1.82) is 0 Å². The molecule has 0 radical (unpaired) electrons. The molecule has 1 aromatic carbocycles. The van der Waals surface area contributed by atoms with Crippen LogP contribution >= 0.6 is 0 Å². The number of hydrogen-bond acceptors (Lipinski definition) is 6. The van der Waals surface area contributed by atoms with Gasteiger partial charge in [-0.05, 0) is 56.5 Å². The molecule has 30 heavy (non-hydrogen) atoms. The highest BCUT2D eigenvalue weighted by Gasteiger charge is 2.36. The topological polar surface area (TPSA) is 92.9 Å². The summed E-state index contributed by atoms with van der Waals surface area (Å²) in [6.07, 6.45) is 3.57. The first kappa shape index (κ1) is 20.1. The Morgan fingerprint density at radius 3 is 2.73 bits per heavy atom. The van der Waals surface area contributed by atoms with Gasteiger partial charge in [0.25, 0.3) is 5.91 Å². The highest BCUT2D eigenvalue weighted by atomic mass is 16.5. The highest BCUT2D eigenvalue weighted by molar-refractivity contribution is 5.83. The quantitative estimate of drug-likeness (QED) is 0.668. The maximum absolute atomic E-state index is 12.9. The van der Waals surface area contributed by atoms with Crippen LogP contribution in [0.15, 0.2) is 58.0 Å². The van der Waals surface area contributed by atoms with Crippen LogP contribution in [0.2, 0.25) is 0 Å². The van der Waals surface area contributed by atoms with Gasteiger partial charge in [0.15, 0.2) is 6.10 Å². The number of carbonyl (C=O) groups excluding carboxylic acids is 1. The SMILES string of the molecule is Cc1cc(=O)oc2ccc(OC(C)C(=O)N3CCC(O)(c4cccnc4)CC3)cc12. The summed E-state index contributed by atoms with van der Waals surface area (Å²) in [4.78, 5) is 30.2. The van der Waals surface area contributed by atoms with E-state index in [0.717, 1.165) is 16.5 Å². The number of fused-ring (bicyclic) bond motifs is 1. The molecule has 1 aliphatic heterocycles. The minimum atomic E-state index is -0.963. The number of ether oxygens (including phenoxy) is 1. The number of amides is 1. The molecule has 0 spiro atoms. The molecule has 1 amide bonds. The van der Waals surface area contributed by atoms with Crippen LogP contribution in [-0.2, 0) is 10.4 Å². The summed E-state index contributed by atoms with van der Waals surface area (Å²) in [7, 11) is 0. The van der Waals surface area contributed by atoms with Gasteiger partial charge >= 0.3 is 5.63 Å². The Hall–Kier alpha value is -3.19. The number of likely N-dealkylation sites (tertiary alicyclic amines) is 1. The number of aryl methyl sites for hydroxylation is 1. The zero-order valence-corrected chi connectivity index (χ0v) is 17.0. The largest absolute Gasteiger partial charge is 0.481 e. The Labute approximate surface area is 173 Å². The number of aliphatic hydroxyl groups is 1. The molecule has 2 aromatic heterocycles.